The smallest absolute Gasteiger partial charge is 0.225 e. The number of nitrogens with zero attached hydrogens (tertiary/aromatic N) is 1. The van der Waals surface area contributed by atoms with Crippen LogP contribution in [0.25, 0.3) is 0 Å². The molecule has 2 unspecified atom stereocenters. The lowest BCUT2D eigenvalue weighted by Gasteiger charge is -2.36. The lowest BCUT2D eigenvalue weighted by atomic mass is 9.92. The third-order valence-electron chi connectivity index (χ3n) is 5.49. The summed E-state index contributed by atoms with van der Waals surface area (Å²) in [6.45, 7) is 1.60. The summed E-state index contributed by atoms with van der Waals surface area (Å²) in [4.78, 5) is 15.0. The van der Waals surface area contributed by atoms with Crippen LogP contribution in [-0.2, 0) is 4.79 Å². The molecule has 3 saturated carbocycles. The molecular weight excluding hydrogens is 236 g/mol. The van der Waals surface area contributed by atoms with Gasteiger partial charge in [0.25, 0.3) is 0 Å². The SMILES string of the molecule is NCCCN(C(=O)C1CC2CC2C1)C1CCCCC1. The van der Waals surface area contributed by atoms with Crippen molar-refractivity contribution in [2.24, 2.45) is 23.5 Å². The van der Waals surface area contributed by atoms with Gasteiger partial charge in [-0.15, -0.1) is 0 Å². The zero-order valence-corrected chi connectivity index (χ0v) is 12.0. The Morgan fingerprint density at radius 1 is 1.05 bits per heavy atom. The molecule has 2 N–H and O–H groups in total. The molecule has 19 heavy (non-hydrogen) atoms. The topological polar surface area (TPSA) is 46.3 Å². The summed E-state index contributed by atoms with van der Waals surface area (Å²) in [5, 5.41) is 0. The highest BCUT2D eigenvalue weighted by Gasteiger charge is 2.49. The molecule has 0 aromatic rings. The molecule has 0 spiro atoms. The van der Waals surface area contributed by atoms with Crippen molar-refractivity contribution >= 4 is 5.91 Å². The van der Waals surface area contributed by atoms with Crippen molar-refractivity contribution in [3.05, 3.63) is 0 Å². The summed E-state index contributed by atoms with van der Waals surface area (Å²) < 4.78 is 0. The van der Waals surface area contributed by atoms with Crippen LogP contribution in [0, 0.1) is 17.8 Å². The van der Waals surface area contributed by atoms with Crippen LogP contribution < -0.4 is 5.73 Å². The predicted molar refractivity (Wildman–Crippen MR) is 76.6 cm³/mol. The van der Waals surface area contributed by atoms with Gasteiger partial charge in [0.2, 0.25) is 5.91 Å². The lowest BCUT2D eigenvalue weighted by Crippen LogP contribution is -2.45. The number of hydrogen-bond acceptors (Lipinski definition) is 2. The Morgan fingerprint density at radius 3 is 2.37 bits per heavy atom. The molecule has 3 rings (SSSR count). The van der Waals surface area contributed by atoms with Gasteiger partial charge in [-0.25, -0.2) is 0 Å². The quantitative estimate of drug-likeness (QED) is 0.829. The average Bonchev–Trinajstić information content (AvgIpc) is 3.06. The maximum absolute atomic E-state index is 12.8. The molecule has 0 bridgehead atoms. The van der Waals surface area contributed by atoms with Gasteiger partial charge in [0.15, 0.2) is 0 Å². The van der Waals surface area contributed by atoms with E-state index in [1.807, 2.05) is 0 Å². The van der Waals surface area contributed by atoms with Gasteiger partial charge in [-0.1, -0.05) is 19.3 Å². The molecule has 108 valence electrons. The Morgan fingerprint density at radius 2 is 1.74 bits per heavy atom. The second-order valence-corrected chi connectivity index (χ2v) is 6.89. The molecule has 3 fully saturated rings. The van der Waals surface area contributed by atoms with Crippen molar-refractivity contribution < 1.29 is 4.79 Å². The summed E-state index contributed by atoms with van der Waals surface area (Å²) in [5.74, 6) is 2.62. The third kappa shape index (κ3) is 2.96. The van der Waals surface area contributed by atoms with E-state index in [1.54, 1.807) is 0 Å². The number of amides is 1. The van der Waals surface area contributed by atoms with Crippen molar-refractivity contribution in [2.45, 2.75) is 63.8 Å². The fourth-order valence-electron chi connectivity index (χ4n) is 4.28. The van der Waals surface area contributed by atoms with E-state index in [1.165, 1.54) is 51.4 Å². The normalized spacial score (nSPS) is 34.1. The van der Waals surface area contributed by atoms with E-state index in [0.717, 1.165) is 24.8 Å². The molecule has 0 aromatic carbocycles. The molecule has 2 atom stereocenters. The molecule has 0 radical (unpaired) electrons. The first-order chi connectivity index (χ1) is 9.29. The fourth-order valence-corrected chi connectivity index (χ4v) is 4.28. The minimum absolute atomic E-state index is 0.350. The van der Waals surface area contributed by atoms with Gasteiger partial charge >= 0.3 is 0 Å². The molecule has 3 aliphatic carbocycles. The van der Waals surface area contributed by atoms with E-state index in [9.17, 15) is 4.79 Å². The van der Waals surface area contributed by atoms with Gasteiger partial charge < -0.3 is 10.6 Å². The van der Waals surface area contributed by atoms with Crippen molar-refractivity contribution in [3.8, 4) is 0 Å². The van der Waals surface area contributed by atoms with Crippen molar-refractivity contribution in [1.82, 2.24) is 4.90 Å². The van der Waals surface area contributed by atoms with Crippen LogP contribution in [0.2, 0.25) is 0 Å². The molecule has 0 aliphatic heterocycles. The number of rotatable bonds is 5. The summed E-state index contributed by atoms with van der Waals surface area (Å²) in [6.07, 6.45) is 11.1. The number of carbonyl (C=O) groups is 1. The average molecular weight is 264 g/mol. The maximum atomic E-state index is 12.8. The Bertz CT molecular complexity index is 315. The number of fused-ring (bicyclic) bond motifs is 1. The Balaban J connectivity index is 1.61. The van der Waals surface area contributed by atoms with Crippen LogP contribution in [0.1, 0.15) is 57.8 Å². The Hall–Kier alpha value is -0.570. The van der Waals surface area contributed by atoms with Gasteiger partial charge in [0.1, 0.15) is 0 Å². The van der Waals surface area contributed by atoms with Crippen LogP contribution in [0.15, 0.2) is 0 Å². The molecule has 3 aliphatic rings. The monoisotopic (exact) mass is 264 g/mol. The molecule has 3 nitrogen and oxygen atoms in total. The van der Waals surface area contributed by atoms with E-state index < -0.39 is 0 Å². The lowest BCUT2D eigenvalue weighted by molar-refractivity contribution is -0.138. The molecular formula is C16H28N2O. The van der Waals surface area contributed by atoms with Gasteiger partial charge in [0, 0.05) is 18.5 Å². The van der Waals surface area contributed by atoms with Crippen LogP contribution >= 0.6 is 0 Å². The fraction of sp³-hybridized carbons (Fsp3) is 0.938. The highest BCUT2D eigenvalue weighted by molar-refractivity contribution is 5.79. The second kappa shape index (κ2) is 5.82. The minimum Gasteiger partial charge on any atom is -0.339 e. The molecule has 0 saturated heterocycles. The molecule has 0 aromatic heterocycles. The van der Waals surface area contributed by atoms with Gasteiger partial charge in [-0.05, 0) is 56.9 Å². The summed E-state index contributed by atoms with van der Waals surface area (Å²) in [6, 6.07) is 0.518. The zero-order chi connectivity index (χ0) is 13.2. The highest BCUT2D eigenvalue weighted by Crippen LogP contribution is 2.54. The van der Waals surface area contributed by atoms with Crippen molar-refractivity contribution in [3.63, 3.8) is 0 Å². The van der Waals surface area contributed by atoms with Crippen LogP contribution in [-0.4, -0.2) is 29.9 Å². The highest BCUT2D eigenvalue weighted by atomic mass is 16.2. The van der Waals surface area contributed by atoms with E-state index in [4.69, 9.17) is 5.73 Å². The maximum Gasteiger partial charge on any atom is 0.225 e. The number of hydrogen-bond donors (Lipinski definition) is 1. The van der Waals surface area contributed by atoms with Crippen LogP contribution in [0.4, 0.5) is 0 Å². The largest absolute Gasteiger partial charge is 0.339 e. The Labute approximate surface area is 116 Å². The second-order valence-electron chi connectivity index (χ2n) is 6.89. The number of carbonyl (C=O) groups excluding carboxylic acids is 1. The molecule has 1 amide bonds. The molecule has 0 heterocycles. The summed E-state index contributed by atoms with van der Waals surface area (Å²) >= 11 is 0. The minimum atomic E-state index is 0.350. The van der Waals surface area contributed by atoms with Crippen LogP contribution in [0.3, 0.4) is 0 Å². The first-order valence-corrected chi connectivity index (χ1v) is 8.30. The van der Waals surface area contributed by atoms with Crippen molar-refractivity contribution in [1.29, 1.82) is 0 Å². The van der Waals surface area contributed by atoms with Crippen molar-refractivity contribution in [2.75, 3.05) is 13.1 Å². The standard InChI is InChI=1S/C16H28N2O/c17-7-4-8-18(15-5-2-1-3-6-15)16(19)14-10-12-9-13(12)11-14/h12-15H,1-11,17H2. The Kier molecular flexibility index (Phi) is 4.11. The van der Waals surface area contributed by atoms with Crippen LogP contribution in [0.5, 0.6) is 0 Å². The van der Waals surface area contributed by atoms with E-state index >= 15 is 0 Å². The summed E-state index contributed by atoms with van der Waals surface area (Å²) in [7, 11) is 0. The predicted octanol–water partition coefficient (Wildman–Crippen LogP) is 2.54. The zero-order valence-electron chi connectivity index (χ0n) is 12.0. The van der Waals surface area contributed by atoms with Gasteiger partial charge in [-0.2, -0.15) is 0 Å². The van der Waals surface area contributed by atoms with Gasteiger partial charge in [0.05, 0.1) is 0 Å². The van der Waals surface area contributed by atoms with E-state index in [2.05, 4.69) is 4.90 Å². The molecule has 3 heteroatoms. The van der Waals surface area contributed by atoms with E-state index in [0.29, 0.717) is 24.4 Å². The summed E-state index contributed by atoms with van der Waals surface area (Å²) in [5.41, 5.74) is 5.65. The van der Waals surface area contributed by atoms with E-state index in [-0.39, 0.29) is 0 Å². The number of nitrogens with two attached hydrogens (primary N) is 1. The first kappa shape index (κ1) is 13.4. The van der Waals surface area contributed by atoms with Gasteiger partial charge in [-0.3, -0.25) is 4.79 Å². The first-order valence-electron chi connectivity index (χ1n) is 8.30. The third-order valence-corrected chi connectivity index (χ3v) is 5.49.